The average molecular weight is 610 g/mol. The highest BCUT2D eigenvalue weighted by Gasteiger charge is 2.46. The molecule has 224 valence electrons. The van der Waals surface area contributed by atoms with E-state index in [0.717, 1.165) is 19.3 Å². The Morgan fingerprint density at radius 3 is 2.23 bits per heavy atom. The Labute approximate surface area is 282 Å². The van der Waals surface area contributed by atoms with Crippen LogP contribution in [0.5, 0.6) is 0 Å². The van der Waals surface area contributed by atoms with E-state index >= 15 is 0 Å². The van der Waals surface area contributed by atoms with Crippen LogP contribution < -0.4 is 15.8 Å². The van der Waals surface area contributed by atoms with Crippen molar-refractivity contribution < 1.29 is 0 Å². The smallest absolute Gasteiger partial charge is 0.247 e. The highest BCUT2D eigenvalue weighted by Crippen LogP contribution is 2.51. The van der Waals surface area contributed by atoms with E-state index in [4.69, 9.17) is 0 Å². The molecule has 1 nitrogen and oxygen atoms in total. The summed E-state index contributed by atoms with van der Waals surface area (Å²) < 4.78 is 0. The van der Waals surface area contributed by atoms with Crippen molar-refractivity contribution in [2.45, 2.75) is 25.2 Å². The van der Waals surface area contributed by atoms with Crippen molar-refractivity contribution in [1.29, 1.82) is 0 Å². The van der Waals surface area contributed by atoms with Gasteiger partial charge in [0.1, 0.15) is 0 Å². The van der Waals surface area contributed by atoms with Crippen LogP contribution in [0.15, 0.2) is 168 Å². The number of fused-ring (bicyclic) bond motifs is 5. The topological polar surface area (TPSA) is 3.24 Å². The zero-order chi connectivity index (χ0) is 31.3. The zero-order valence-electron chi connectivity index (χ0n) is 26.7. The fourth-order valence-electron chi connectivity index (χ4n) is 9.39. The maximum absolute atomic E-state index is 2.61. The first-order valence-electron chi connectivity index (χ1n) is 17.4. The van der Waals surface area contributed by atoms with Gasteiger partial charge in [-0.1, -0.05) is 139 Å². The fourth-order valence-corrected chi connectivity index (χ4v) is 9.39. The summed E-state index contributed by atoms with van der Waals surface area (Å²) in [7, 11) is 0. The van der Waals surface area contributed by atoms with Gasteiger partial charge in [0.15, 0.2) is 0 Å². The molecule has 2 heterocycles. The summed E-state index contributed by atoms with van der Waals surface area (Å²) in [6, 6.07) is 41.2. The van der Waals surface area contributed by atoms with Crippen LogP contribution in [0.3, 0.4) is 0 Å². The van der Waals surface area contributed by atoms with Crippen molar-refractivity contribution in [1.82, 2.24) is 0 Å². The van der Waals surface area contributed by atoms with E-state index in [1.807, 2.05) is 0 Å². The van der Waals surface area contributed by atoms with E-state index in [2.05, 4.69) is 157 Å². The largest absolute Gasteiger partial charge is 0.312 e. The van der Waals surface area contributed by atoms with Gasteiger partial charge >= 0.3 is 0 Å². The van der Waals surface area contributed by atoms with Crippen molar-refractivity contribution in [2.24, 2.45) is 0 Å². The Morgan fingerprint density at radius 2 is 1.42 bits per heavy atom. The predicted molar refractivity (Wildman–Crippen MR) is 202 cm³/mol. The Kier molecular flexibility index (Phi) is 5.49. The number of hydrogen-bond acceptors (Lipinski definition) is 1. The zero-order valence-corrected chi connectivity index (χ0v) is 26.7. The van der Waals surface area contributed by atoms with Gasteiger partial charge in [0, 0.05) is 23.0 Å². The number of rotatable bonds is 3. The second-order valence-corrected chi connectivity index (χ2v) is 13.9. The summed E-state index contributed by atoms with van der Waals surface area (Å²) in [6.07, 6.45) is 19.6. The van der Waals surface area contributed by atoms with E-state index in [0.29, 0.717) is 5.92 Å². The minimum atomic E-state index is 0.211. The summed E-state index contributed by atoms with van der Waals surface area (Å²) in [5.74, 6) is 0.366. The lowest BCUT2D eigenvalue weighted by Crippen LogP contribution is -2.50. The molecule has 0 saturated heterocycles. The highest BCUT2D eigenvalue weighted by molar-refractivity contribution is 6.96. The van der Waals surface area contributed by atoms with E-state index in [-0.39, 0.29) is 6.71 Å². The third-order valence-corrected chi connectivity index (χ3v) is 11.4. The Balaban J connectivity index is 1.14. The van der Waals surface area contributed by atoms with Crippen LogP contribution in [0.4, 0.5) is 11.4 Å². The van der Waals surface area contributed by atoms with E-state index in [9.17, 15) is 0 Å². The molecule has 2 aliphatic heterocycles. The molecule has 0 bridgehead atoms. The van der Waals surface area contributed by atoms with Crippen LogP contribution in [0, 0.1) is 0 Å². The quantitative estimate of drug-likeness (QED) is 0.184. The maximum atomic E-state index is 2.61. The molecular formula is C46H32BN. The lowest BCUT2D eigenvalue weighted by atomic mass is 9.35. The van der Waals surface area contributed by atoms with Crippen LogP contribution in [-0.2, 0) is 6.42 Å². The number of nitrogens with zero attached hydrogens (tertiary/aromatic N) is 1. The Hall–Kier alpha value is -5.60. The van der Waals surface area contributed by atoms with Gasteiger partial charge in [0.05, 0.1) is 0 Å². The molecule has 4 aliphatic carbocycles. The SMILES string of the molecule is C1=CC2=CCc3cc(N4C5=CCCC6=C5B(c5cc(-c7ccccc7)ccc56)c5cc(-c6ccccc6)ccc54)cc4c3C2C(=C1)C=C4. The molecule has 1 atom stereocenters. The molecular weight excluding hydrogens is 577 g/mol. The molecule has 0 fully saturated rings. The summed E-state index contributed by atoms with van der Waals surface area (Å²) in [4.78, 5) is 2.61. The maximum Gasteiger partial charge on any atom is 0.247 e. The molecule has 2 heteroatoms. The van der Waals surface area contributed by atoms with Crippen LogP contribution in [0.1, 0.15) is 41.0 Å². The third kappa shape index (κ3) is 3.69. The highest BCUT2D eigenvalue weighted by atomic mass is 15.2. The normalized spacial score (nSPS) is 18.8. The summed E-state index contributed by atoms with van der Waals surface area (Å²) in [5, 5.41) is 0. The molecule has 0 radical (unpaired) electrons. The summed E-state index contributed by atoms with van der Waals surface area (Å²) in [6.45, 7) is 0.211. The molecule has 0 spiro atoms. The Bertz CT molecular complexity index is 2420. The van der Waals surface area contributed by atoms with Crippen molar-refractivity contribution in [3.8, 4) is 22.3 Å². The lowest BCUT2D eigenvalue weighted by molar-refractivity contribution is 0.891. The van der Waals surface area contributed by atoms with E-state index in [1.54, 1.807) is 0 Å². The van der Waals surface area contributed by atoms with Crippen LogP contribution in [-0.4, -0.2) is 6.71 Å². The third-order valence-electron chi connectivity index (χ3n) is 11.4. The van der Waals surface area contributed by atoms with Gasteiger partial charge in [-0.05, 0) is 110 Å². The number of hydrogen-bond donors (Lipinski definition) is 0. The van der Waals surface area contributed by atoms with Gasteiger partial charge in [-0.15, -0.1) is 0 Å². The van der Waals surface area contributed by atoms with Crippen molar-refractivity contribution in [2.75, 3.05) is 4.90 Å². The second kappa shape index (κ2) is 9.95. The minimum Gasteiger partial charge on any atom is -0.312 e. The van der Waals surface area contributed by atoms with Gasteiger partial charge in [0.2, 0.25) is 6.71 Å². The molecule has 0 saturated carbocycles. The van der Waals surface area contributed by atoms with Crippen LogP contribution in [0.25, 0.3) is 33.9 Å². The fraction of sp³-hybridized carbons (Fsp3) is 0.0870. The average Bonchev–Trinajstić information content (AvgIpc) is 3.49. The first-order valence-corrected chi connectivity index (χ1v) is 17.4. The standard InChI is InChI=1S/C46H32BN/c1-3-9-29(10-4-1)33-21-23-38-39-15-8-16-43-46(39)47(40(38)27-33)41-28-34(30-11-5-2-6-12-30)22-24-42(41)48(43)37-25-35-19-17-31-13-7-14-32-18-20-36(26-37)45(35)44(31)32/h1-7,9-14,16-19,21-28,44H,8,15,20H2. The van der Waals surface area contributed by atoms with Gasteiger partial charge in [-0.3, -0.25) is 0 Å². The van der Waals surface area contributed by atoms with Crippen molar-refractivity contribution >= 4 is 40.7 Å². The van der Waals surface area contributed by atoms with Crippen molar-refractivity contribution in [3.05, 3.63) is 190 Å². The van der Waals surface area contributed by atoms with Crippen LogP contribution in [0.2, 0.25) is 0 Å². The number of benzene rings is 5. The first kappa shape index (κ1) is 26.5. The van der Waals surface area contributed by atoms with Gasteiger partial charge in [-0.2, -0.15) is 0 Å². The molecule has 48 heavy (non-hydrogen) atoms. The van der Waals surface area contributed by atoms with Gasteiger partial charge in [-0.25, -0.2) is 0 Å². The molecule has 1 unspecified atom stereocenters. The predicted octanol–water partition coefficient (Wildman–Crippen LogP) is 9.85. The molecule has 6 aliphatic rings. The Morgan fingerprint density at radius 1 is 0.646 bits per heavy atom. The lowest BCUT2D eigenvalue weighted by Gasteiger charge is -2.41. The molecule has 5 aromatic rings. The van der Waals surface area contributed by atoms with Gasteiger partial charge < -0.3 is 4.90 Å². The first-order chi connectivity index (χ1) is 23.8. The summed E-state index contributed by atoms with van der Waals surface area (Å²) in [5.41, 5.74) is 23.6. The molecule has 0 amide bonds. The molecule has 11 rings (SSSR count). The second-order valence-electron chi connectivity index (χ2n) is 13.9. The number of allylic oxidation sites excluding steroid dienone is 10. The van der Waals surface area contributed by atoms with E-state index < -0.39 is 0 Å². The van der Waals surface area contributed by atoms with Gasteiger partial charge in [0.25, 0.3) is 0 Å². The monoisotopic (exact) mass is 609 g/mol. The molecule has 0 N–H and O–H groups in total. The summed E-state index contributed by atoms with van der Waals surface area (Å²) >= 11 is 0. The van der Waals surface area contributed by atoms with Crippen LogP contribution >= 0.6 is 0 Å². The minimum absolute atomic E-state index is 0.211. The molecule has 0 aromatic heterocycles. The van der Waals surface area contributed by atoms with Crippen molar-refractivity contribution in [3.63, 3.8) is 0 Å². The van der Waals surface area contributed by atoms with E-state index in [1.165, 1.54) is 94.7 Å². The molecule has 5 aromatic carbocycles. The number of anilines is 2.